The number of rotatable bonds is 2. The van der Waals surface area contributed by atoms with Crippen LogP contribution in [0.5, 0.6) is 0 Å². The Balaban J connectivity index is 0.00000324. The zero-order valence-corrected chi connectivity index (χ0v) is 9.77. The molecule has 1 unspecified atom stereocenters. The Morgan fingerprint density at radius 2 is 1.79 bits per heavy atom. The second-order valence-electron chi connectivity index (χ2n) is 3.20. The molecule has 0 bridgehead atoms. The summed E-state index contributed by atoms with van der Waals surface area (Å²) >= 11 is 5.14. The summed E-state index contributed by atoms with van der Waals surface area (Å²) in [6.07, 6.45) is -4.93. The van der Waals surface area contributed by atoms with E-state index in [1.165, 1.54) is 0 Å². The molecule has 4 nitrogen and oxygen atoms in total. The summed E-state index contributed by atoms with van der Waals surface area (Å²) in [4.78, 5) is 0. The van der Waals surface area contributed by atoms with Crippen LogP contribution in [0.2, 0.25) is 5.02 Å². The van der Waals surface area contributed by atoms with Crippen molar-refractivity contribution in [3.05, 3.63) is 34.1 Å². The average Bonchev–Trinajstić information content (AvgIpc) is 2.17. The Morgan fingerprint density at radius 3 is 2.16 bits per heavy atom. The van der Waals surface area contributed by atoms with Gasteiger partial charge in [-0.05, 0) is 12.1 Å². The molecule has 0 radical (unpaired) electrons. The van der Waals surface area contributed by atoms with Crippen LogP contribution in [0.1, 0.15) is 24.0 Å². The van der Waals surface area contributed by atoms with Gasteiger partial charge in [-0.1, -0.05) is 19.0 Å². The first-order chi connectivity index (χ1) is 7.94. The van der Waals surface area contributed by atoms with E-state index < -0.39 is 43.7 Å². The number of hydrogen-bond acceptors (Lipinski definition) is 4. The lowest BCUT2D eigenvalue weighted by Gasteiger charge is -2.18. The van der Waals surface area contributed by atoms with Crippen LogP contribution < -0.4 is 0 Å². The van der Waals surface area contributed by atoms with E-state index in [-0.39, 0.29) is 19.6 Å². The second kappa shape index (κ2) is 5.61. The molecule has 10 heteroatoms. The summed E-state index contributed by atoms with van der Waals surface area (Å²) in [6.45, 7) is 0. The molecule has 110 valence electrons. The van der Waals surface area contributed by atoms with Crippen LogP contribution in [0.4, 0.5) is 17.6 Å². The predicted octanol–water partition coefficient (Wildman–Crippen LogP) is 2.67. The Kier molecular flexibility index (Phi) is 5.35. The molecule has 1 N–H and O–H groups in total. The third-order valence-corrected chi connectivity index (χ3v) is 3.00. The Morgan fingerprint density at radius 1 is 1.32 bits per heavy atom. The maximum absolute atomic E-state index is 13.3. The molecule has 19 heavy (non-hydrogen) atoms. The second-order valence-corrected chi connectivity index (χ2v) is 5.04. The molecule has 0 amide bonds. The van der Waals surface area contributed by atoms with Gasteiger partial charge < -0.3 is 9.66 Å². The monoisotopic (exact) mass is 323 g/mol. The third-order valence-electron chi connectivity index (χ3n) is 1.92. The molecule has 0 fully saturated rings. The Labute approximate surface area is 111 Å². The number of benzene rings is 1. The third kappa shape index (κ3) is 4.03. The minimum Gasteiger partial charge on any atom is -0.746 e. The van der Waals surface area contributed by atoms with Gasteiger partial charge in [-0.25, -0.2) is 12.8 Å². The lowest BCUT2D eigenvalue weighted by atomic mass is 10.1. The first-order valence-electron chi connectivity index (χ1n) is 4.13. The van der Waals surface area contributed by atoms with Crippen molar-refractivity contribution in [2.24, 2.45) is 0 Å². The fraction of sp³-hybridized carbons (Fsp3) is 0.333. The van der Waals surface area contributed by atoms with Crippen molar-refractivity contribution in [1.82, 2.24) is 0 Å². The van der Waals surface area contributed by atoms with Crippen LogP contribution in [0, 0.1) is 5.82 Å². The van der Waals surface area contributed by atoms with Gasteiger partial charge in [0.1, 0.15) is 15.9 Å². The standard InChI is InChI=1S/C8H5ClF4O4S.CH4/c9-5-2-3(8(11,12)13)1-4(6(5)10)7(14)18(15,16)17;/h1-2,7,14H,(H,15,16,17);1H4/p-1. The molecule has 1 aromatic carbocycles. The number of alkyl halides is 3. The maximum atomic E-state index is 13.3. The van der Waals surface area contributed by atoms with Crippen LogP contribution in [-0.4, -0.2) is 18.1 Å². The Bertz CT molecular complexity index is 570. The summed E-state index contributed by atoms with van der Waals surface area (Å²) in [5, 5.41) is 7.93. The molecular weight excluding hydrogens is 316 g/mol. The minimum absolute atomic E-state index is 0. The number of aliphatic hydroxyl groups is 1. The summed E-state index contributed by atoms with van der Waals surface area (Å²) in [5.41, 5.74) is -5.78. The van der Waals surface area contributed by atoms with Gasteiger partial charge in [-0.3, -0.25) is 0 Å². The molecule has 0 aliphatic carbocycles. The van der Waals surface area contributed by atoms with E-state index in [9.17, 15) is 30.5 Å². The Hall–Kier alpha value is -0.900. The van der Waals surface area contributed by atoms with Gasteiger partial charge in [0.25, 0.3) is 0 Å². The van der Waals surface area contributed by atoms with E-state index in [0.717, 1.165) is 0 Å². The first kappa shape index (κ1) is 18.1. The first-order valence-corrected chi connectivity index (χ1v) is 5.98. The molecule has 0 spiro atoms. The fourth-order valence-corrected chi connectivity index (χ4v) is 1.82. The fourth-order valence-electron chi connectivity index (χ4n) is 1.11. The molecule has 1 aromatic rings. The highest BCUT2D eigenvalue weighted by atomic mass is 35.5. The van der Waals surface area contributed by atoms with Crippen LogP contribution in [0.15, 0.2) is 12.1 Å². The summed E-state index contributed by atoms with van der Waals surface area (Å²) in [5.74, 6) is -1.60. The zero-order valence-electron chi connectivity index (χ0n) is 8.20. The maximum Gasteiger partial charge on any atom is 0.416 e. The lowest BCUT2D eigenvalue weighted by molar-refractivity contribution is -0.137. The molecular formula is C9H8ClF4O4S-. The molecule has 0 saturated carbocycles. The van der Waals surface area contributed by atoms with Gasteiger partial charge in [0.15, 0.2) is 5.44 Å². The average molecular weight is 324 g/mol. The summed E-state index contributed by atoms with van der Waals surface area (Å²) in [7, 11) is -5.42. The van der Waals surface area contributed by atoms with Gasteiger partial charge in [0, 0.05) is 5.56 Å². The van der Waals surface area contributed by atoms with Crippen molar-refractivity contribution < 1.29 is 35.6 Å². The van der Waals surface area contributed by atoms with E-state index in [2.05, 4.69) is 0 Å². The normalized spacial score (nSPS) is 13.8. The highest BCUT2D eigenvalue weighted by molar-refractivity contribution is 7.85. The van der Waals surface area contributed by atoms with Crippen LogP contribution in [0.25, 0.3) is 0 Å². The summed E-state index contributed by atoms with van der Waals surface area (Å²) < 4.78 is 81.7. The molecule has 1 atom stereocenters. The SMILES string of the molecule is C.O=S(=O)([O-])C(O)c1cc(C(F)(F)F)cc(Cl)c1F. The molecule has 0 heterocycles. The van der Waals surface area contributed by atoms with Crippen molar-refractivity contribution in [3.8, 4) is 0 Å². The van der Waals surface area contributed by atoms with Crippen molar-refractivity contribution in [1.29, 1.82) is 0 Å². The number of aliphatic hydroxyl groups excluding tert-OH is 1. The zero-order chi connectivity index (χ0) is 14.3. The van der Waals surface area contributed by atoms with Crippen LogP contribution in [-0.2, 0) is 16.3 Å². The topological polar surface area (TPSA) is 77.4 Å². The van der Waals surface area contributed by atoms with E-state index in [1.807, 2.05) is 0 Å². The quantitative estimate of drug-likeness (QED) is 0.670. The molecule has 0 saturated heterocycles. The molecule has 0 aromatic heterocycles. The van der Waals surface area contributed by atoms with Crippen LogP contribution >= 0.6 is 11.6 Å². The van der Waals surface area contributed by atoms with E-state index in [0.29, 0.717) is 0 Å². The van der Waals surface area contributed by atoms with Gasteiger partial charge in [-0.2, -0.15) is 13.2 Å². The predicted molar refractivity (Wildman–Crippen MR) is 57.8 cm³/mol. The lowest BCUT2D eigenvalue weighted by Crippen LogP contribution is -2.15. The van der Waals surface area contributed by atoms with E-state index >= 15 is 0 Å². The minimum atomic E-state index is -5.42. The highest BCUT2D eigenvalue weighted by Gasteiger charge is 2.34. The molecule has 1 rings (SSSR count). The molecule has 0 aliphatic heterocycles. The molecule has 0 aliphatic rings. The smallest absolute Gasteiger partial charge is 0.416 e. The largest absolute Gasteiger partial charge is 0.746 e. The van der Waals surface area contributed by atoms with Gasteiger partial charge in [0.2, 0.25) is 0 Å². The van der Waals surface area contributed by atoms with Crippen molar-refractivity contribution in [3.63, 3.8) is 0 Å². The van der Waals surface area contributed by atoms with E-state index in [1.54, 1.807) is 0 Å². The number of hydrogen-bond donors (Lipinski definition) is 1. The van der Waals surface area contributed by atoms with Crippen molar-refractivity contribution >= 4 is 21.7 Å². The van der Waals surface area contributed by atoms with Crippen molar-refractivity contribution in [2.75, 3.05) is 0 Å². The van der Waals surface area contributed by atoms with Crippen molar-refractivity contribution in [2.45, 2.75) is 19.0 Å². The van der Waals surface area contributed by atoms with Gasteiger partial charge in [0.05, 0.1) is 10.6 Å². The van der Waals surface area contributed by atoms with Crippen LogP contribution in [0.3, 0.4) is 0 Å². The van der Waals surface area contributed by atoms with Gasteiger partial charge >= 0.3 is 6.18 Å². The van der Waals surface area contributed by atoms with Gasteiger partial charge in [-0.15, -0.1) is 0 Å². The highest BCUT2D eigenvalue weighted by Crippen LogP contribution is 2.35. The number of halogens is 5. The van der Waals surface area contributed by atoms with E-state index in [4.69, 9.17) is 16.7 Å². The summed E-state index contributed by atoms with van der Waals surface area (Å²) in [6, 6.07) is 0.228.